The van der Waals surface area contributed by atoms with Gasteiger partial charge in [0.2, 0.25) is 5.91 Å². The molecule has 2 heterocycles. The van der Waals surface area contributed by atoms with Crippen LogP contribution >= 0.6 is 27.3 Å². The van der Waals surface area contributed by atoms with Crippen molar-refractivity contribution in [3.05, 3.63) is 61.9 Å². The van der Waals surface area contributed by atoms with E-state index in [1.165, 1.54) is 16.2 Å². The number of carbonyl (C=O) groups excluding carboxylic acids is 2. The maximum atomic E-state index is 13.5. The van der Waals surface area contributed by atoms with Gasteiger partial charge in [-0.25, -0.2) is 9.78 Å². The molecule has 1 atom stereocenters. The van der Waals surface area contributed by atoms with Crippen molar-refractivity contribution >= 4 is 49.5 Å². The number of hydrogen-bond donors (Lipinski definition) is 2. The Hall–Kier alpha value is -2.76. The molecule has 3 aromatic rings. The first kappa shape index (κ1) is 35.3. The highest BCUT2D eigenvalue weighted by Crippen LogP contribution is 2.27. The average molecular weight is 639 g/mol. The fraction of sp³-hybridized carbons (Fsp3) is 0.517. The molecular weight excluding hydrogens is 594 g/mol. The molecule has 0 saturated carbocycles. The molecule has 0 aliphatic carbocycles. The molecule has 0 bridgehead atoms. The molecule has 3 rings (SSSR count). The Kier molecular flexibility index (Phi) is 15.1. The van der Waals surface area contributed by atoms with E-state index in [9.17, 15) is 14.4 Å². The highest BCUT2D eigenvalue weighted by Gasteiger charge is 2.28. The Morgan fingerprint density at radius 2 is 1.73 bits per heavy atom. The first-order valence-corrected chi connectivity index (χ1v) is 15.2. The van der Waals surface area contributed by atoms with Crippen molar-refractivity contribution in [2.45, 2.75) is 73.1 Å². The standard InChI is InChI=1S/C25H32BrN5O4S.2C2H6/c1-25(2,3)35-24(34)28-13-9-12-27-19(22(32)30(4)5)21-29-17-14-18(26)36-20(17)23(33)31(21)15-16-10-7-6-8-11-16;2*1-2/h6-8,10-11,14,19,27H,9,12-13,15H2,1-5H3,(H,28,34);2*1-2H3. The summed E-state index contributed by atoms with van der Waals surface area (Å²) in [5.74, 6) is 0.123. The Morgan fingerprint density at radius 3 is 2.30 bits per heavy atom. The minimum Gasteiger partial charge on any atom is -0.444 e. The number of nitrogens with one attached hydrogen (secondary N) is 2. The first-order chi connectivity index (χ1) is 19.0. The molecule has 2 amide bonds. The SMILES string of the molecule is CC.CC.CN(C)C(=O)C(NCCCNC(=O)OC(C)(C)C)c1nc2cc(Br)sc2c(=O)n1Cc1ccccc1. The molecule has 0 fully saturated rings. The lowest BCUT2D eigenvalue weighted by Gasteiger charge is -2.24. The molecule has 1 unspecified atom stereocenters. The lowest BCUT2D eigenvalue weighted by molar-refractivity contribution is -0.131. The zero-order chi connectivity index (χ0) is 30.5. The molecule has 11 heteroatoms. The number of rotatable bonds is 9. The van der Waals surface area contributed by atoms with Crippen LogP contribution in [-0.2, 0) is 16.1 Å². The van der Waals surface area contributed by atoms with E-state index in [1.54, 1.807) is 45.5 Å². The van der Waals surface area contributed by atoms with Crippen LogP contribution in [0.4, 0.5) is 4.79 Å². The number of alkyl carbamates (subject to hydrolysis) is 1. The van der Waals surface area contributed by atoms with Gasteiger partial charge in [-0.3, -0.25) is 19.5 Å². The molecule has 1 aromatic carbocycles. The smallest absolute Gasteiger partial charge is 0.407 e. The second kappa shape index (κ2) is 17.1. The number of amides is 2. The van der Waals surface area contributed by atoms with Crippen LogP contribution in [-0.4, -0.2) is 59.2 Å². The van der Waals surface area contributed by atoms with E-state index < -0.39 is 17.7 Å². The largest absolute Gasteiger partial charge is 0.444 e. The second-order valence-corrected chi connectivity index (χ2v) is 11.9. The predicted octanol–water partition coefficient (Wildman–Crippen LogP) is 5.95. The Labute approximate surface area is 250 Å². The molecule has 0 aliphatic rings. The van der Waals surface area contributed by atoms with Crippen LogP contribution < -0.4 is 16.2 Å². The molecule has 2 N–H and O–H groups in total. The van der Waals surface area contributed by atoms with Gasteiger partial charge >= 0.3 is 6.09 Å². The molecule has 0 saturated heterocycles. The van der Waals surface area contributed by atoms with Crippen molar-refractivity contribution in [2.24, 2.45) is 0 Å². The van der Waals surface area contributed by atoms with Crippen LogP contribution in [0.2, 0.25) is 0 Å². The van der Waals surface area contributed by atoms with Crippen molar-refractivity contribution in [3.63, 3.8) is 0 Å². The Bertz CT molecular complexity index is 1270. The zero-order valence-electron chi connectivity index (χ0n) is 25.1. The van der Waals surface area contributed by atoms with Gasteiger partial charge in [0.25, 0.3) is 5.56 Å². The quantitative estimate of drug-likeness (QED) is 0.281. The molecule has 0 radical (unpaired) electrons. The lowest BCUT2D eigenvalue weighted by atomic mass is 10.2. The van der Waals surface area contributed by atoms with Crippen molar-refractivity contribution in [3.8, 4) is 0 Å². The van der Waals surface area contributed by atoms with Crippen LogP contribution in [0.5, 0.6) is 0 Å². The zero-order valence-corrected chi connectivity index (χ0v) is 27.5. The summed E-state index contributed by atoms with van der Waals surface area (Å²) < 4.78 is 8.14. The van der Waals surface area contributed by atoms with E-state index >= 15 is 0 Å². The maximum absolute atomic E-state index is 13.5. The third kappa shape index (κ3) is 10.7. The number of fused-ring (bicyclic) bond motifs is 1. The number of aromatic nitrogens is 2. The summed E-state index contributed by atoms with van der Waals surface area (Å²) in [5.41, 5.74) is 0.699. The van der Waals surface area contributed by atoms with Crippen molar-refractivity contribution in [2.75, 3.05) is 27.2 Å². The van der Waals surface area contributed by atoms with Gasteiger partial charge in [0.1, 0.15) is 22.2 Å². The summed E-state index contributed by atoms with van der Waals surface area (Å²) in [6.45, 7) is 14.5. The number of benzene rings is 1. The second-order valence-electron chi connectivity index (χ2n) is 9.51. The van der Waals surface area contributed by atoms with Gasteiger partial charge in [0, 0.05) is 20.6 Å². The van der Waals surface area contributed by atoms with E-state index in [2.05, 4.69) is 26.6 Å². The van der Waals surface area contributed by atoms with Crippen LogP contribution in [0, 0.1) is 0 Å². The van der Waals surface area contributed by atoms with Crippen LogP contribution in [0.3, 0.4) is 0 Å². The molecule has 40 heavy (non-hydrogen) atoms. The molecule has 0 spiro atoms. The monoisotopic (exact) mass is 637 g/mol. The number of nitrogens with zero attached hydrogens (tertiary/aromatic N) is 3. The minimum absolute atomic E-state index is 0.195. The molecule has 9 nitrogen and oxygen atoms in total. The van der Waals surface area contributed by atoms with Crippen molar-refractivity contribution in [1.82, 2.24) is 25.1 Å². The van der Waals surface area contributed by atoms with Gasteiger partial charge in [0.15, 0.2) is 0 Å². The summed E-state index contributed by atoms with van der Waals surface area (Å²) in [5, 5.41) is 5.96. The lowest BCUT2D eigenvalue weighted by Crippen LogP contribution is -2.42. The fourth-order valence-corrected chi connectivity index (χ4v) is 5.00. The minimum atomic E-state index is -0.846. The van der Waals surface area contributed by atoms with Gasteiger partial charge in [-0.2, -0.15) is 0 Å². The number of thiophene rings is 1. The highest BCUT2D eigenvalue weighted by atomic mass is 79.9. The number of likely N-dealkylation sites (N-methyl/N-ethyl adjacent to an activating group) is 1. The third-order valence-electron chi connectivity index (χ3n) is 5.13. The maximum Gasteiger partial charge on any atom is 0.407 e. The number of ether oxygens (including phenoxy) is 1. The predicted molar refractivity (Wildman–Crippen MR) is 168 cm³/mol. The van der Waals surface area contributed by atoms with Crippen molar-refractivity contribution < 1.29 is 14.3 Å². The van der Waals surface area contributed by atoms with E-state index in [0.29, 0.717) is 35.6 Å². The Morgan fingerprint density at radius 1 is 1.10 bits per heavy atom. The summed E-state index contributed by atoms with van der Waals surface area (Å²) in [6, 6.07) is 10.5. The summed E-state index contributed by atoms with van der Waals surface area (Å²) in [7, 11) is 3.33. The van der Waals surface area contributed by atoms with E-state index in [0.717, 1.165) is 9.35 Å². The Balaban J connectivity index is 0.00000191. The van der Waals surface area contributed by atoms with E-state index in [1.807, 2.05) is 58.0 Å². The summed E-state index contributed by atoms with van der Waals surface area (Å²) >= 11 is 4.77. The van der Waals surface area contributed by atoms with Crippen LogP contribution in [0.15, 0.2) is 45.0 Å². The fourth-order valence-electron chi connectivity index (χ4n) is 3.52. The van der Waals surface area contributed by atoms with Gasteiger partial charge in [-0.1, -0.05) is 58.0 Å². The van der Waals surface area contributed by atoms with Gasteiger partial charge in [-0.15, -0.1) is 11.3 Å². The topological polar surface area (TPSA) is 106 Å². The van der Waals surface area contributed by atoms with E-state index in [-0.39, 0.29) is 18.0 Å². The van der Waals surface area contributed by atoms with Gasteiger partial charge in [-0.05, 0) is 61.3 Å². The third-order valence-corrected chi connectivity index (χ3v) is 6.75. The molecule has 2 aromatic heterocycles. The molecule has 0 aliphatic heterocycles. The number of carbonyl (C=O) groups is 2. The normalized spacial score (nSPS) is 11.4. The molecule has 222 valence electrons. The number of halogens is 1. The van der Waals surface area contributed by atoms with Crippen molar-refractivity contribution in [1.29, 1.82) is 0 Å². The highest BCUT2D eigenvalue weighted by molar-refractivity contribution is 9.11. The average Bonchev–Trinajstić information content (AvgIpc) is 3.30. The summed E-state index contributed by atoms with van der Waals surface area (Å²) in [6.07, 6.45) is 0.0567. The first-order valence-electron chi connectivity index (χ1n) is 13.6. The van der Waals surface area contributed by atoms with Crippen LogP contribution in [0.25, 0.3) is 10.2 Å². The van der Waals surface area contributed by atoms with E-state index in [4.69, 9.17) is 9.72 Å². The van der Waals surface area contributed by atoms with Gasteiger partial charge in [0.05, 0.1) is 15.8 Å². The van der Waals surface area contributed by atoms with Crippen LogP contribution in [0.1, 0.15) is 72.3 Å². The van der Waals surface area contributed by atoms with Gasteiger partial charge < -0.3 is 15.0 Å². The summed E-state index contributed by atoms with van der Waals surface area (Å²) in [4.78, 5) is 44.9. The molecular formula is C29H44BrN5O4S. The number of hydrogen-bond acceptors (Lipinski definition) is 7.